The van der Waals surface area contributed by atoms with Crippen molar-refractivity contribution in [3.8, 4) is 0 Å². The lowest BCUT2D eigenvalue weighted by molar-refractivity contribution is -0.138. The SMILES string of the molecule is C=CC(=O)CC1[C@H]2CN([C@@H](C)c3ccc(C(F)(F)F)cc3)C[C@@H]12.C=CC(=O)CC1[C@H]2CN([C@H](C)c3ccc(C(F)(F)F)cc3)C[C@@H]12. The first-order valence-corrected chi connectivity index (χ1v) is 15.7. The summed E-state index contributed by atoms with van der Waals surface area (Å²) in [5.74, 6) is 3.35. The number of nitrogens with zero attached hydrogens (tertiary/aromatic N) is 2. The van der Waals surface area contributed by atoms with Gasteiger partial charge in [0.25, 0.3) is 0 Å². The number of ketones is 2. The van der Waals surface area contributed by atoms with Crippen molar-refractivity contribution in [1.82, 2.24) is 9.80 Å². The Labute approximate surface area is 266 Å². The van der Waals surface area contributed by atoms with Crippen LogP contribution in [0.1, 0.15) is 61.0 Å². The second-order valence-corrected chi connectivity index (χ2v) is 13.2. The molecular formula is C36H40F6N2O2. The molecule has 4 nitrogen and oxygen atoms in total. The Morgan fingerprint density at radius 1 is 0.652 bits per heavy atom. The van der Waals surface area contributed by atoms with E-state index in [4.69, 9.17) is 0 Å². The zero-order valence-electron chi connectivity index (χ0n) is 26.0. The van der Waals surface area contributed by atoms with Crippen LogP contribution in [0, 0.1) is 35.5 Å². The number of allylic oxidation sites excluding steroid dienone is 2. The normalized spacial score (nSPS) is 28.3. The van der Waals surface area contributed by atoms with Crippen LogP contribution in [0.25, 0.3) is 0 Å². The van der Waals surface area contributed by atoms with Crippen molar-refractivity contribution in [2.45, 2.75) is 51.1 Å². The summed E-state index contributed by atoms with van der Waals surface area (Å²) in [6, 6.07) is 11.0. The Kier molecular flexibility index (Phi) is 9.72. The second-order valence-electron chi connectivity index (χ2n) is 13.2. The predicted molar refractivity (Wildman–Crippen MR) is 163 cm³/mol. The van der Waals surface area contributed by atoms with Crippen molar-refractivity contribution in [1.29, 1.82) is 0 Å². The van der Waals surface area contributed by atoms with Crippen LogP contribution >= 0.6 is 0 Å². The van der Waals surface area contributed by atoms with Crippen LogP contribution < -0.4 is 0 Å². The standard InChI is InChI=1S/2C18H20F3NO/c2*1-3-14(23)8-15-16-9-22(10-17(15)16)11(2)12-4-6-13(7-5-12)18(19,20)21/h2*3-7,11,15-17H,1,8-10H2,2H3/t2*11-,15?,16-,17+/m10/s1. The fraction of sp³-hybridized carbons (Fsp3) is 0.500. The molecule has 2 aromatic rings. The largest absolute Gasteiger partial charge is 0.416 e. The van der Waals surface area contributed by atoms with Gasteiger partial charge in [-0.3, -0.25) is 19.4 Å². The van der Waals surface area contributed by atoms with Gasteiger partial charge in [0.1, 0.15) is 0 Å². The van der Waals surface area contributed by atoms with Gasteiger partial charge < -0.3 is 0 Å². The highest BCUT2D eigenvalue weighted by Gasteiger charge is 2.57. The van der Waals surface area contributed by atoms with E-state index >= 15 is 0 Å². The number of piperidine rings is 2. The summed E-state index contributed by atoms with van der Waals surface area (Å²) in [6.07, 6.45) is -4.64. The molecule has 0 aromatic heterocycles. The van der Waals surface area contributed by atoms with Gasteiger partial charge in [0, 0.05) is 51.1 Å². The summed E-state index contributed by atoms with van der Waals surface area (Å²) in [4.78, 5) is 27.4. The zero-order valence-corrected chi connectivity index (χ0v) is 26.0. The zero-order chi connectivity index (χ0) is 33.6. The number of benzene rings is 2. The number of hydrogen-bond acceptors (Lipinski definition) is 4. The first-order chi connectivity index (χ1) is 21.6. The van der Waals surface area contributed by atoms with Crippen LogP contribution in [0.2, 0.25) is 0 Å². The topological polar surface area (TPSA) is 40.6 Å². The van der Waals surface area contributed by atoms with Crippen LogP contribution in [0.15, 0.2) is 73.8 Å². The van der Waals surface area contributed by atoms with E-state index in [1.807, 2.05) is 13.8 Å². The van der Waals surface area contributed by atoms with Crippen molar-refractivity contribution in [2.24, 2.45) is 35.5 Å². The number of carbonyl (C=O) groups excluding carboxylic acids is 2. The van der Waals surface area contributed by atoms with Gasteiger partial charge in [-0.1, -0.05) is 37.4 Å². The molecule has 0 radical (unpaired) electrons. The highest BCUT2D eigenvalue weighted by Crippen LogP contribution is 2.56. The quantitative estimate of drug-likeness (QED) is 0.193. The lowest BCUT2D eigenvalue weighted by atomic mass is 10.0. The minimum Gasteiger partial charge on any atom is -0.296 e. The Hall–Kier alpha value is -3.24. The minimum atomic E-state index is -4.29. The van der Waals surface area contributed by atoms with E-state index in [2.05, 4.69) is 23.0 Å². The Morgan fingerprint density at radius 2 is 0.935 bits per heavy atom. The molecule has 46 heavy (non-hydrogen) atoms. The highest BCUT2D eigenvalue weighted by atomic mass is 19.4. The van der Waals surface area contributed by atoms with E-state index in [-0.39, 0.29) is 23.7 Å². The Morgan fingerprint density at radius 3 is 1.17 bits per heavy atom. The molecule has 0 bridgehead atoms. The molecule has 2 aromatic carbocycles. The average Bonchev–Trinajstić information content (AvgIpc) is 3.64. The van der Waals surface area contributed by atoms with E-state index in [0.29, 0.717) is 48.3 Å². The number of fused-ring (bicyclic) bond motifs is 2. The summed E-state index contributed by atoms with van der Waals surface area (Å²) in [5, 5.41) is 0. The molecule has 6 rings (SSSR count). The number of rotatable bonds is 10. The highest BCUT2D eigenvalue weighted by molar-refractivity contribution is 5.89. The van der Waals surface area contributed by atoms with Gasteiger partial charge >= 0.3 is 12.4 Å². The fourth-order valence-electron chi connectivity index (χ4n) is 7.56. The smallest absolute Gasteiger partial charge is 0.296 e. The fourth-order valence-corrected chi connectivity index (χ4v) is 7.56. The van der Waals surface area contributed by atoms with Crippen molar-refractivity contribution in [3.05, 3.63) is 96.1 Å². The van der Waals surface area contributed by atoms with Gasteiger partial charge in [0.2, 0.25) is 0 Å². The number of likely N-dealkylation sites (tertiary alicyclic amines) is 2. The number of carbonyl (C=O) groups is 2. The molecule has 2 saturated carbocycles. The van der Waals surface area contributed by atoms with Crippen molar-refractivity contribution >= 4 is 11.6 Å². The molecule has 10 heteroatoms. The lowest BCUT2D eigenvalue weighted by Crippen LogP contribution is -2.28. The third-order valence-electron chi connectivity index (χ3n) is 10.7. The molecule has 2 unspecified atom stereocenters. The second kappa shape index (κ2) is 13.1. The van der Waals surface area contributed by atoms with E-state index < -0.39 is 23.5 Å². The van der Waals surface area contributed by atoms with Crippen LogP contribution in [0.3, 0.4) is 0 Å². The van der Waals surface area contributed by atoms with E-state index in [9.17, 15) is 35.9 Å². The molecule has 0 N–H and O–H groups in total. The Bertz CT molecular complexity index is 1300. The molecular weight excluding hydrogens is 606 g/mol. The Balaban J connectivity index is 0.000000181. The van der Waals surface area contributed by atoms with Crippen molar-refractivity contribution in [3.63, 3.8) is 0 Å². The van der Waals surface area contributed by atoms with Gasteiger partial charge in [-0.15, -0.1) is 0 Å². The molecule has 248 valence electrons. The predicted octanol–water partition coefficient (Wildman–Crippen LogP) is 8.18. The van der Waals surface area contributed by atoms with Gasteiger partial charge in [-0.05, 0) is 96.9 Å². The summed E-state index contributed by atoms with van der Waals surface area (Å²) in [7, 11) is 0. The molecule has 0 spiro atoms. The summed E-state index contributed by atoms with van der Waals surface area (Å²) in [5.41, 5.74) is 0.581. The van der Waals surface area contributed by atoms with Crippen LogP contribution in [0.5, 0.6) is 0 Å². The van der Waals surface area contributed by atoms with E-state index in [1.54, 1.807) is 24.3 Å². The van der Waals surface area contributed by atoms with Crippen LogP contribution in [-0.4, -0.2) is 47.5 Å². The van der Waals surface area contributed by atoms with Gasteiger partial charge in [0.05, 0.1) is 11.1 Å². The molecule has 4 aliphatic rings. The number of halogens is 6. The molecule has 2 aliphatic heterocycles. The first kappa shape index (κ1) is 34.1. The van der Waals surface area contributed by atoms with E-state index in [0.717, 1.165) is 61.6 Å². The van der Waals surface area contributed by atoms with Crippen molar-refractivity contribution in [2.75, 3.05) is 26.2 Å². The van der Waals surface area contributed by atoms with Gasteiger partial charge in [-0.2, -0.15) is 26.3 Å². The molecule has 2 aliphatic carbocycles. The maximum Gasteiger partial charge on any atom is 0.416 e. The third-order valence-corrected chi connectivity index (χ3v) is 10.7. The maximum atomic E-state index is 12.6. The summed E-state index contributed by atoms with van der Waals surface area (Å²) in [6.45, 7) is 14.7. The lowest BCUT2D eigenvalue weighted by Gasteiger charge is -2.27. The molecule has 2 saturated heterocycles. The van der Waals surface area contributed by atoms with Crippen molar-refractivity contribution < 1.29 is 35.9 Å². The summed E-state index contributed by atoms with van der Waals surface area (Å²) >= 11 is 0. The van der Waals surface area contributed by atoms with Crippen LogP contribution in [0.4, 0.5) is 26.3 Å². The molecule has 8 atom stereocenters. The molecule has 4 fully saturated rings. The van der Waals surface area contributed by atoms with Crippen LogP contribution in [-0.2, 0) is 21.9 Å². The van der Waals surface area contributed by atoms with Gasteiger partial charge in [0.15, 0.2) is 11.6 Å². The average molecular weight is 647 g/mol. The number of hydrogen-bond donors (Lipinski definition) is 0. The van der Waals surface area contributed by atoms with E-state index in [1.165, 1.54) is 12.2 Å². The molecule has 2 heterocycles. The minimum absolute atomic E-state index is 0.0980. The molecule has 0 amide bonds. The maximum absolute atomic E-state index is 12.6. The first-order valence-electron chi connectivity index (χ1n) is 15.7. The third kappa shape index (κ3) is 7.49. The number of alkyl halides is 6. The van der Waals surface area contributed by atoms with Gasteiger partial charge in [-0.25, -0.2) is 0 Å². The monoisotopic (exact) mass is 646 g/mol. The summed E-state index contributed by atoms with van der Waals surface area (Å²) < 4.78 is 75.7.